The van der Waals surface area contributed by atoms with E-state index in [1.54, 1.807) is 6.42 Å². The van der Waals surface area contributed by atoms with Crippen molar-refractivity contribution in [3.05, 3.63) is 35.4 Å². The van der Waals surface area contributed by atoms with Crippen LogP contribution in [0, 0.1) is 30.6 Å². The molecule has 4 unspecified atom stereocenters. The van der Waals surface area contributed by atoms with Crippen LogP contribution >= 0.6 is 0 Å². The molecule has 0 saturated heterocycles. The van der Waals surface area contributed by atoms with E-state index in [4.69, 9.17) is 0 Å². The van der Waals surface area contributed by atoms with Crippen molar-refractivity contribution in [2.75, 3.05) is 0 Å². The SMILES string of the molecule is Cc1ccccc1CNC1C2C3CCC(C3)C12. The Kier molecular flexibility index (Phi) is 2.14. The Morgan fingerprint density at radius 2 is 1.82 bits per heavy atom. The summed E-state index contributed by atoms with van der Waals surface area (Å²) in [6, 6.07) is 9.62. The summed E-state index contributed by atoms with van der Waals surface area (Å²) in [4.78, 5) is 0. The largest absolute Gasteiger partial charge is 0.309 e. The summed E-state index contributed by atoms with van der Waals surface area (Å²) < 4.78 is 0. The molecule has 17 heavy (non-hydrogen) atoms. The summed E-state index contributed by atoms with van der Waals surface area (Å²) in [7, 11) is 0. The summed E-state index contributed by atoms with van der Waals surface area (Å²) in [5, 5.41) is 3.82. The van der Waals surface area contributed by atoms with Crippen molar-refractivity contribution in [2.24, 2.45) is 23.7 Å². The molecule has 0 radical (unpaired) electrons. The van der Waals surface area contributed by atoms with Gasteiger partial charge in [0, 0.05) is 12.6 Å². The lowest BCUT2D eigenvalue weighted by Gasteiger charge is -2.11. The van der Waals surface area contributed by atoms with Gasteiger partial charge in [-0.2, -0.15) is 0 Å². The third-order valence-electron chi connectivity index (χ3n) is 5.52. The van der Waals surface area contributed by atoms with Gasteiger partial charge in [0.25, 0.3) is 0 Å². The molecule has 90 valence electrons. The van der Waals surface area contributed by atoms with Crippen molar-refractivity contribution in [1.82, 2.24) is 5.32 Å². The highest BCUT2D eigenvalue weighted by molar-refractivity contribution is 5.26. The van der Waals surface area contributed by atoms with Crippen LogP contribution in [0.15, 0.2) is 24.3 Å². The second kappa shape index (κ2) is 3.58. The Bertz CT molecular complexity index is 423. The van der Waals surface area contributed by atoms with E-state index in [0.717, 1.165) is 36.3 Å². The molecule has 3 aliphatic rings. The first kappa shape index (κ1) is 10.1. The van der Waals surface area contributed by atoms with Gasteiger partial charge < -0.3 is 5.32 Å². The molecule has 1 N–H and O–H groups in total. The van der Waals surface area contributed by atoms with Gasteiger partial charge in [-0.15, -0.1) is 0 Å². The van der Waals surface area contributed by atoms with Crippen LogP contribution in [0.5, 0.6) is 0 Å². The van der Waals surface area contributed by atoms with Crippen molar-refractivity contribution in [2.45, 2.75) is 38.8 Å². The van der Waals surface area contributed by atoms with Gasteiger partial charge in [-0.05, 0) is 61.0 Å². The van der Waals surface area contributed by atoms with E-state index < -0.39 is 0 Å². The van der Waals surface area contributed by atoms with Crippen LogP contribution in [0.25, 0.3) is 0 Å². The smallest absolute Gasteiger partial charge is 0.0210 e. The molecule has 0 aliphatic heterocycles. The van der Waals surface area contributed by atoms with Crippen molar-refractivity contribution < 1.29 is 0 Å². The highest BCUT2D eigenvalue weighted by Crippen LogP contribution is 2.65. The number of aryl methyl sites for hydroxylation is 1. The number of hydrogen-bond donors (Lipinski definition) is 1. The van der Waals surface area contributed by atoms with Crippen molar-refractivity contribution in [3.8, 4) is 0 Å². The zero-order chi connectivity index (χ0) is 11.4. The van der Waals surface area contributed by atoms with Crippen LogP contribution in [0.2, 0.25) is 0 Å². The van der Waals surface area contributed by atoms with E-state index in [1.165, 1.54) is 24.0 Å². The third kappa shape index (κ3) is 1.48. The maximum Gasteiger partial charge on any atom is 0.0210 e. The van der Waals surface area contributed by atoms with Gasteiger partial charge in [-0.25, -0.2) is 0 Å². The lowest BCUT2D eigenvalue weighted by Crippen LogP contribution is -2.22. The second-order valence-corrected chi connectivity index (χ2v) is 6.32. The van der Waals surface area contributed by atoms with Crippen LogP contribution in [0.3, 0.4) is 0 Å². The molecule has 0 spiro atoms. The van der Waals surface area contributed by atoms with E-state index in [-0.39, 0.29) is 0 Å². The van der Waals surface area contributed by atoms with Gasteiger partial charge in [0.05, 0.1) is 0 Å². The molecule has 0 aromatic heterocycles. The van der Waals surface area contributed by atoms with E-state index in [9.17, 15) is 0 Å². The Morgan fingerprint density at radius 1 is 1.12 bits per heavy atom. The molecule has 1 heteroatoms. The Labute approximate surface area is 104 Å². The van der Waals surface area contributed by atoms with Crippen LogP contribution in [-0.2, 0) is 6.54 Å². The van der Waals surface area contributed by atoms with Crippen LogP contribution in [-0.4, -0.2) is 6.04 Å². The van der Waals surface area contributed by atoms with Crippen molar-refractivity contribution in [3.63, 3.8) is 0 Å². The molecule has 3 aliphatic carbocycles. The average Bonchev–Trinajstić information content (AvgIpc) is 2.74. The Hall–Kier alpha value is -0.820. The fourth-order valence-electron chi connectivity index (χ4n) is 4.63. The van der Waals surface area contributed by atoms with E-state index in [2.05, 4.69) is 36.5 Å². The maximum absolute atomic E-state index is 3.82. The molecule has 3 saturated carbocycles. The normalized spacial score (nSPS) is 41.6. The number of nitrogens with one attached hydrogen (secondary N) is 1. The fraction of sp³-hybridized carbons (Fsp3) is 0.625. The molecular formula is C16H21N. The van der Waals surface area contributed by atoms with Gasteiger partial charge in [-0.1, -0.05) is 24.3 Å². The lowest BCUT2D eigenvalue weighted by molar-refractivity contribution is 0.456. The minimum absolute atomic E-state index is 0.862. The maximum atomic E-state index is 3.82. The highest BCUT2D eigenvalue weighted by atomic mass is 15.0. The number of hydrogen-bond acceptors (Lipinski definition) is 1. The van der Waals surface area contributed by atoms with Gasteiger partial charge >= 0.3 is 0 Å². The zero-order valence-electron chi connectivity index (χ0n) is 10.5. The topological polar surface area (TPSA) is 12.0 Å². The molecule has 2 bridgehead atoms. The summed E-state index contributed by atoms with van der Waals surface area (Å²) in [6.07, 6.45) is 4.60. The average molecular weight is 227 g/mol. The molecule has 4 atom stereocenters. The number of fused-ring (bicyclic) bond motifs is 5. The van der Waals surface area contributed by atoms with Gasteiger partial charge in [0.15, 0.2) is 0 Å². The monoisotopic (exact) mass is 227 g/mol. The summed E-state index contributed by atoms with van der Waals surface area (Å²) in [5.74, 6) is 4.27. The third-order valence-corrected chi connectivity index (χ3v) is 5.52. The molecule has 4 rings (SSSR count). The standard InChI is InChI=1S/C16H21N/c1-10-4-2-3-5-13(10)9-17-16-14-11-6-7-12(8-11)15(14)16/h2-5,11-12,14-17H,6-9H2,1H3. The minimum atomic E-state index is 0.862. The molecular weight excluding hydrogens is 206 g/mol. The number of rotatable bonds is 3. The number of benzene rings is 1. The quantitative estimate of drug-likeness (QED) is 0.836. The zero-order valence-corrected chi connectivity index (χ0v) is 10.5. The van der Waals surface area contributed by atoms with Gasteiger partial charge in [0.2, 0.25) is 0 Å². The fourth-order valence-corrected chi connectivity index (χ4v) is 4.63. The van der Waals surface area contributed by atoms with Gasteiger partial charge in [0.1, 0.15) is 0 Å². The first-order valence-electron chi connectivity index (χ1n) is 7.12. The van der Waals surface area contributed by atoms with E-state index in [0.29, 0.717) is 0 Å². The molecule has 1 aromatic carbocycles. The first-order valence-corrected chi connectivity index (χ1v) is 7.12. The Morgan fingerprint density at radius 3 is 2.53 bits per heavy atom. The Balaban J connectivity index is 1.40. The van der Waals surface area contributed by atoms with Crippen molar-refractivity contribution in [1.29, 1.82) is 0 Å². The molecule has 0 heterocycles. The highest BCUT2D eigenvalue weighted by Gasteiger charge is 2.64. The molecule has 1 aromatic rings. The minimum Gasteiger partial charge on any atom is -0.309 e. The first-order chi connectivity index (χ1) is 8.34. The van der Waals surface area contributed by atoms with Crippen LogP contribution < -0.4 is 5.32 Å². The lowest BCUT2D eigenvalue weighted by atomic mass is 10.0. The predicted octanol–water partition coefficient (Wildman–Crippen LogP) is 3.13. The van der Waals surface area contributed by atoms with Crippen molar-refractivity contribution >= 4 is 0 Å². The van der Waals surface area contributed by atoms with E-state index in [1.807, 2.05) is 0 Å². The van der Waals surface area contributed by atoms with Gasteiger partial charge in [-0.3, -0.25) is 0 Å². The van der Waals surface area contributed by atoms with E-state index >= 15 is 0 Å². The summed E-state index contributed by atoms with van der Waals surface area (Å²) in [6.45, 7) is 3.29. The van der Waals surface area contributed by atoms with Crippen LogP contribution in [0.1, 0.15) is 30.4 Å². The predicted molar refractivity (Wildman–Crippen MR) is 69.6 cm³/mol. The molecule has 0 amide bonds. The summed E-state index contributed by atoms with van der Waals surface area (Å²) in [5.41, 5.74) is 2.90. The van der Waals surface area contributed by atoms with Crippen LogP contribution in [0.4, 0.5) is 0 Å². The summed E-state index contributed by atoms with van der Waals surface area (Å²) >= 11 is 0. The second-order valence-electron chi connectivity index (χ2n) is 6.32. The molecule has 1 nitrogen and oxygen atoms in total. The molecule has 3 fully saturated rings.